The van der Waals surface area contributed by atoms with E-state index in [1.807, 2.05) is 0 Å². The highest BCUT2D eigenvalue weighted by Gasteiger charge is 2.08. The van der Waals surface area contributed by atoms with Crippen molar-refractivity contribution in [3.8, 4) is 0 Å². The van der Waals surface area contributed by atoms with E-state index in [-0.39, 0.29) is 0 Å². The molecule has 3 N–H and O–H groups in total. The summed E-state index contributed by atoms with van der Waals surface area (Å²) in [6.45, 7) is 3.10. The molecule has 1 aromatic carbocycles. The second-order valence-corrected chi connectivity index (χ2v) is 5.24. The van der Waals surface area contributed by atoms with Gasteiger partial charge in [0.1, 0.15) is 0 Å². The fourth-order valence-corrected chi connectivity index (χ4v) is 2.50. The first-order valence-electron chi connectivity index (χ1n) is 6.87. The molecular weight excluding hydrogens is 208 g/mol. The molecule has 1 atom stereocenters. The van der Waals surface area contributed by atoms with Gasteiger partial charge in [-0.3, -0.25) is 0 Å². The van der Waals surface area contributed by atoms with Crippen LogP contribution in [0.4, 0.5) is 5.69 Å². The molecule has 2 heteroatoms. The fraction of sp³-hybridized carbons (Fsp3) is 0.600. The number of hydrogen-bond acceptors (Lipinski definition) is 2. The highest BCUT2D eigenvalue weighted by atomic mass is 14.9. The molecular formula is C15H24N2. The van der Waals surface area contributed by atoms with Gasteiger partial charge in [0, 0.05) is 18.3 Å². The molecule has 17 heavy (non-hydrogen) atoms. The average Bonchev–Trinajstić information content (AvgIpc) is 2.34. The Kier molecular flexibility index (Phi) is 4.43. The molecule has 0 saturated carbocycles. The Morgan fingerprint density at radius 3 is 2.76 bits per heavy atom. The minimum atomic E-state index is 0.320. The number of rotatable bonds is 5. The average molecular weight is 232 g/mol. The SMILES string of the molecule is CC(N)CCCNc1ccc2c(c1)CCCC2. The molecule has 0 heterocycles. The third-order valence-corrected chi connectivity index (χ3v) is 3.51. The van der Waals surface area contributed by atoms with Gasteiger partial charge in [0.25, 0.3) is 0 Å². The molecule has 2 rings (SSSR count). The van der Waals surface area contributed by atoms with Gasteiger partial charge in [0.05, 0.1) is 0 Å². The van der Waals surface area contributed by atoms with Gasteiger partial charge < -0.3 is 11.1 Å². The summed E-state index contributed by atoms with van der Waals surface area (Å²) in [6, 6.07) is 7.17. The van der Waals surface area contributed by atoms with Crippen LogP contribution in [0, 0.1) is 0 Å². The first-order valence-corrected chi connectivity index (χ1v) is 6.87. The second kappa shape index (κ2) is 6.06. The molecule has 0 aromatic heterocycles. The van der Waals surface area contributed by atoms with Crippen LogP contribution in [0.5, 0.6) is 0 Å². The van der Waals surface area contributed by atoms with E-state index < -0.39 is 0 Å². The van der Waals surface area contributed by atoms with Crippen LogP contribution in [0.1, 0.15) is 43.7 Å². The summed E-state index contributed by atoms with van der Waals surface area (Å²) in [5, 5.41) is 3.49. The zero-order valence-electron chi connectivity index (χ0n) is 10.8. The van der Waals surface area contributed by atoms with Crippen molar-refractivity contribution >= 4 is 5.69 Å². The molecule has 1 aliphatic rings. The van der Waals surface area contributed by atoms with Gasteiger partial charge >= 0.3 is 0 Å². The second-order valence-electron chi connectivity index (χ2n) is 5.24. The van der Waals surface area contributed by atoms with Crippen molar-refractivity contribution in [3.05, 3.63) is 29.3 Å². The third-order valence-electron chi connectivity index (χ3n) is 3.51. The number of aryl methyl sites for hydroxylation is 2. The summed E-state index contributed by atoms with van der Waals surface area (Å²) in [5.74, 6) is 0. The number of nitrogens with one attached hydrogen (secondary N) is 1. The van der Waals surface area contributed by atoms with E-state index in [0.717, 1.165) is 19.4 Å². The highest BCUT2D eigenvalue weighted by Crippen LogP contribution is 2.24. The molecule has 1 aliphatic carbocycles. The molecule has 2 nitrogen and oxygen atoms in total. The van der Waals surface area contributed by atoms with Crippen molar-refractivity contribution in [3.63, 3.8) is 0 Å². The zero-order valence-corrected chi connectivity index (χ0v) is 10.8. The summed E-state index contributed by atoms with van der Waals surface area (Å²) >= 11 is 0. The Hall–Kier alpha value is -1.02. The lowest BCUT2D eigenvalue weighted by Crippen LogP contribution is -2.16. The summed E-state index contributed by atoms with van der Waals surface area (Å²) in [5.41, 5.74) is 10.1. The molecule has 1 aromatic rings. The fourth-order valence-electron chi connectivity index (χ4n) is 2.50. The summed E-state index contributed by atoms with van der Waals surface area (Å²) < 4.78 is 0. The lowest BCUT2D eigenvalue weighted by Gasteiger charge is -2.17. The predicted molar refractivity (Wildman–Crippen MR) is 74.5 cm³/mol. The molecule has 0 bridgehead atoms. The van der Waals surface area contributed by atoms with Crippen molar-refractivity contribution < 1.29 is 0 Å². The van der Waals surface area contributed by atoms with Crippen molar-refractivity contribution in [1.82, 2.24) is 0 Å². The van der Waals surface area contributed by atoms with Gasteiger partial charge in [0.15, 0.2) is 0 Å². The quantitative estimate of drug-likeness (QED) is 0.766. The van der Waals surface area contributed by atoms with Crippen molar-refractivity contribution in [2.24, 2.45) is 5.73 Å². The predicted octanol–water partition coefficient (Wildman–Crippen LogP) is 3.10. The molecule has 0 amide bonds. The summed E-state index contributed by atoms with van der Waals surface area (Å²) in [7, 11) is 0. The van der Waals surface area contributed by atoms with E-state index in [4.69, 9.17) is 5.73 Å². The largest absolute Gasteiger partial charge is 0.385 e. The first-order chi connectivity index (χ1) is 8.25. The van der Waals surface area contributed by atoms with E-state index in [2.05, 4.69) is 30.4 Å². The Morgan fingerprint density at radius 1 is 1.24 bits per heavy atom. The maximum absolute atomic E-state index is 5.74. The van der Waals surface area contributed by atoms with Gasteiger partial charge in [-0.1, -0.05) is 6.07 Å². The van der Waals surface area contributed by atoms with Crippen LogP contribution >= 0.6 is 0 Å². The van der Waals surface area contributed by atoms with Gasteiger partial charge in [-0.2, -0.15) is 0 Å². The van der Waals surface area contributed by atoms with Crippen molar-refractivity contribution in [1.29, 1.82) is 0 Å². The van der Waals surface area contributed by atoms with Crippen LogP contribution in [0.2, 0.25) is 0 Å². The Labute approximate surface area is 105 Å². The van der Waals surface area contributed by atoms with Gasteiger partial charge in [-0.15, -0.1) is 0 Å². The standard InChI is InChI=1S/C15H24N2/c1-12(16)5-4-10-17-15-9-8-13-6-2-3-7-14(13)11-15/h8-9,11-12,17H,2-7,10,16H2,1H3. The van der Waals surface area contributed by atoms with Gasteiger partial charge in [0.2, 0.25) is 0 Å². The monoisotopic (exact) mass is 232 g/mol. The minimum Gasteiger partial charge on any atom is -0.385 e. The van der Waals surface area contributed by atoms with Crippen LogP contribution in [-0.2, 0) is 12.8 Å². The molecule has 0 radical (unpaired) electrons. The number of benzene rings is 1. The molecule has 0 aliphatic heterocycles. The van der Waals surface area contributed by atoms with E-state index in [9.17, 15) is 0 Å². The lowest BCUT2D eigenvalue weighted by molar-refractivity contribution is 0.639. The van der Waals surface area contributed by atoms with E-state index in [1.54, 1.807) is 11.1 Å². The number of fused-ring (bicyclic) bond motifs is 1. The molecule has 0 spiro atoms. The van der Waals surface area contributed by atoms with Crippen LogP contribution in [0.15, 0.2) is 18.2 Å². The van der Waals surface area contributed by atoms with Crippen LogP contribution in [0.25, 0.3) is 0 Å². The van der Waals surface area contributed by atoms with Crippen LogP contribution < -0.4 is 11.1 Å². The normalized spacial score (nSPS) is 16.4. The van der Waals surface area contributed by atoms with Crippen molar-refractivity contribution in [2.75, 3.05) is 11.9 Å². The smallest absolute Gasteiger partial charge is 0.0343 e. The van der Waals surface area contributed by atoms with E-state index in [1.165, 1.54) is 31.4 Å². The highest BCUT2D eigenvalue weighted by molar-refractivity contribution is 5.49. The van der Waals surface area contributed by atoms with Gasteiger partial charge in [-0.05, 0) is 68.7 Å². The van der Waals surface area contributed by atoms with E-state index in [0.29, 0.717) is 6.04 Å². The molecule has 1 unspecified atom stereocenters. The number of anilines is 1. The zero-order chi connectivity index (χ0) is 12.1. The maximum atomic E-state index is 5.74. The third kappa shape index (κ3) is 3.74. The van der Waals surface area contributed by atoms with Crippen molar-refractivity contribution in [2.45, 2.75) is 51.5 Å². The minimum absolute atomic E-state index is 0.320. The van der Waals surface area contributed by atoms with E-state index >= 15 is 0 Å². The molecule has 0 fully saturated rings. The Morgan fingerprint density at radius 2 is 2.00 bits per heavy atom. The molecule has 94 valence electrons. The lowest BCUT2D eigenvalue weighted by atomic mass is 9.91. The number of nitrogens with two attached hydrogens (primary N) is 1. The first kappa shape index (κ1) is 12.4. The topological polar surface area (TPSA) is 38.0 Å². The maximum Gasteiger partial charge on any atom is 0.0343 e. The summed E-state index contributed by atoms with van der Waals surface area (Å²) in [4.78, 5) is 0. The summed E-state index contributed by atoms with van der Waals surface area (Å²) in [6.07, 6.45) is 7.47. The Bertz CT molecular complexity index is 358. The van der Waals surface area contributed by atoms with Crippen LogP contribution in [-0.4, -0.2) is 12.6 Å². The van der Waals surface area contributed by atoms with Crippen LogP contribution in [0.3, 0.4) is 0 Å². The number of hydrogen-bond donors (Lipinski definition) is 2. The van der Waals surface area contributed by atoms with Gasteiger partial charge in [-0.25, -0.2) is 0 Å². The Balaban J connectivity index is 1.85. The molecule has 0 saturated heterocycles.